The van der Waals surface area contributed by atoms with Crippen molar-refractivity contribution in [1.82, 2.24) is 9.55 Å². The van der Waals surface area contributed by atoms with Gasteiger partial charge in [-0.3, -0.25) is 4.79 Å². The van der Waals surface area contributed by atoms with Crippen molar-refractivity contribution in [2.45, 2.75) is 13.5 Å². The maximum absolute atomic E-state index is 11.7. The maximum Gasteiger partial charge on any atom is 0.204 e. The van der Waals surface area contributed by atoms with Crippen LogP contribution in [0.15, 0.2) is 48.5 Å². The minimum Gasteiger partial charge on any atom is -0.491 e. The zero-order valence-electron chi connectivity index (χ0n) is 14.1. The van der Waals surface area contributed by atoms with Crippen LogP contribution in [0.4, 0.5) is 5.95 Å². The average Bonchev–Trinajstić information content (AvgIpc) is 2.98. The highest BCUT2D eigenvalue weighted by molar-refractivity contribution is 5.96. The van der Waals surface area contributed by atoms with Gasteiger partial charge in [0.25, 0.3) is 0 Å². The molecule has 0 atom stereocenters. The van der Waals surface area contributed by atoms with E-state index in [4.69, 9.17) is 9.84 Å². The van der Waals surface area contributed by atoms with Crippen molar-refractivity contribution in [3.8, 4) is 5.75 Å². The van der Waals surface area contributed by atoms with E-state index in [1.807, 2.05) is 41.0 Å². The number of anilines is 1. The Balaban J connectivity index is 1.78. The highest BCUT2D eigenvalue weighted by Crippen LogP contribution is 2.21. The van der Waals surface area contributed by atoms with E-state index in [1.54, 1.807) is 12.1 Å². The molecule has 25 heavy (non-hydrogen) atoms. The summed E-state index contributed by atoms with van der Waals surface area (Å²) in [5.74, 6) is 1.26. The minimum absolute atomic E-state index is 0.0195. The molecule has 0 unspecified atom stereocenters. The molecular weight excluding hydrogens is 318 g/mol. The van der Waals surface area contributed by atoms with E-state index in [1.165, 1.54) is 6.92 Å². The van der Waals surface area contributed by atoms with Crippen LogP contribution >= 0.6 is 0 Å². The molecular formula is C19H21N3O3. The molecule has 2 aromatic carbocycles. The number of carbonyl (C=O) groups is 1. The quantitative estimate of drug-likeness (QED) is 0.617. The smallest absolute Gasteiger partial charge is 0.204 e. The molecule has 0 saturated heterocycles. The molecule has 0 radical (unpaired) electrons. The van der Waals surface area contributed by atoms with Gasteiger partial charge in [0.15, 0.2) is 5.78 Å². The Labute approximate surface area is 146 Å². The monoisotopic (exact) mass is 339 g/mol. The van der Waals surface area contributed by atoms with E-state index in [9.17, 15) is 4.79 Å². The Hall–Kier alpha value is -2.86. The molecule has 0 spiro atoms. The van der Waals surface area contributed by atoms with Crippen LogP contribution in [0.25, 0.3) is 11.0 Å². The lowest BCUT2D eigenvalue weighted by atomic mass is 10.1. The highest BCUT2D eigenvalue weighted by atomic mass is 16.5. The van der Waals surface area contributed by atoms with E-state index < -0.39 is 0 Å². The van der Waals surface area contributed by atoms with Gasteiger partial charge >= 0.3 is 0 Å². The summed E-state index contributed by atoms with van der Waals surface area (Å²) in [6, 6.07) is 15.1. The first-order chi connectivity index (χ1) is 12.2. The topological polar surface area (TPSA) is 76.4 Å². The fourth-order valence-corrected chi connectivity index (χ4v) is 2.73. The van der Waals surface area contributed by atoms with E-state index in [0.717, 1.165) is 11.0 Å². The van der Waals surface area contributed by atoms with Gasteiger partial charge in [0.05, 0.1) is 29.7 Å². The maximum atomic E-state index is 11.7. The number of aromatic nitrogens is 2. The second-order valence-corrected chi connectivity index (χ2v) is 5.63. The van der Waals surface area contributed by atoms with Crippen molar-refractivity contribution in [2.24, 2.45) is 0 Å². The first-order valence-corrected chi connectivity index (χ1v) is 8.23. The molecule has 6 nitrogen and oxygen atoms in total. The lowest BCUT2D eigenvalue weighted by molar-refractivity contribution is 0.101. The van der Waals surface area contributed by atoms with E-state index >= 15 is 0 Å². The zero-order chi connectivity index (χ0) is 17.6. The fourth-order valence-electron chi connectivity index (χ4n) is 2.73. The van der Waals surface area contributed by atoms with Crippen LogP contribution in [0.1, 0.15) is 17.3 Å². The molecule has 6 heteroatoms. The van der Waals surface area contributed by atoms with E-state index in [-0.39, 0.29) is 12.4 Å². The van der Waals surface area contributed by atoms with Gasteiger partial charge in [-0.25, -0.2) is 4.98 Å². The molecule has 0 amide bonds. The van der Waals surface area contributed by atoms with Crippen LogP contribution in [0, 0.1) is 0 Å². The average molecular weight is 339 g/mol. The number of rotatable bonds is 8. The van der Waals surface area contributed by atoms with Gasteiger partial charge in [-0.1, -0.05) is 24.3 Å². The van der Waals surface area contributed by atoms with Crippen LogP contribution in [-0.2, 0) is 6.54 Å². The number of nitrogens with one attached hydrogen (secondary N) is 1. The predicted molar refractivity (Wildman–Crippen MR) is 97.3 cm³/mol. The fraction of sp³-hybridized carbons (Fsp3) is 0.263. The number of hydrogen-bond acceptors (Lipinski definition) is 5. The Morgan fingerprint density at radius 2 is 1.96 bits per heavy atom. The summed E-state index contributed by atoms with van der Waals surface area (Å²) in [5, 5.41) is 12.2. The lowest BCUT2D eigenvalue weighted by Gasteiger charge is -2.13. The molecule has 0 fully saturated rings. The van der Waals surface area contributed by atoms with Gasteiger partial charge in [0, 0.05) is 6.54 Å². The van der Waals surface area contributed by atoms with Crippen LogP contribution < -0.4 is 10.1 Å². The lowest BCUT2D eigenvalue weighted by Crippen LogP contribution is -2.15. The molecule has 130 valence electrons. The van der Waals surface area contributed by atoms with Crippen LogP contribution in [0.5, 0.6) is 5.75 Å². The number of hydrogen-bond donors (Lipinski definition) is 2. The number of ketones is 1. The minimum atomic E-state index is -0.0195. The molecule has 3 rings (SSSR count). The summed E-state index contributed by atoms with van der Waals surface area (Å²) in [6.45, 7) is 2.96. The second kappa shape index (κ2) is 7.81. The largest absolute Gasteiger partial charge is 0.491 e. The van der Waals surface area contributed by atoms with Crippen molar-refractivity contribution in [2.75, 3.05) is 25.1 Å². The van der Waals surface area contributed by atoms with Crippen LogP contribution in [0.2, 0.25) is 0 Å². The number of para-hydroxylation sites is 3. The van der Waals surface area contributed by atoms with E-state index in [0.29, 0.717) is 37.0 Å². The molecule has 0 aliphatic carbocycles. The van der Waals surface area contributed by atoms with Gasteiger partial charge in [-0.2, -0.15) is 0 Å². The number of Topliss-reactive ketones (excluding diaryl/α,β-unsaturated/α-hetero) is 1. The van der Waals surface area contributed by atoms with Crippen molar-refractivity contribution < 1.29 is 14.6 Å². The first kappa shape index (κ1) is 17.0. The molecule has 0 aliphatic rings. The summed E-state index contributed by atoms with van der Waals surface area (Å²) >= 11 is 0. The number of aliphatic hydroxyl groups excluding tert-OH is 1. The van der Waals surface area contributed by atoms with E-state index in [2.05, 4.69) is 10.3 Å². The zero-order valence-corrected chi connectivity index (χ0v) is 14.1. The number of imidazole rings is 1. The molecule has 0 aliphatic heterocycles. The van der Waals surface area contributed by atoms with Gasteiger partial charge in [-0.15, -0.1) is 0 Å². The molecule has 0 saturated carbocycles. The highest BCUT2D eigenvalue weighted by Gasteiger charge is 2.11. The molecule has 3 aromatic rings. The van der Waals surface area contributed by atoms with Crippen molar-refractivity contribution in [1.29, 1.82) is 0 Å². The Morgan fingerprint density at radius 3 is 2.76 bits per heavy atom. The summed E-state index contributed by atoms with van der Waals surface area (Å²) in [5.41, 5.74) is 2.45. The second-order valence-electron chi connectivity index (χ2n) is 5.63. The molecule has 1 heterocycles. The summed E-state index contributed by atoms with van der Waals surface area (Å²) < 4.78 is 7.85. The third-order valence-corrected chi connectivity index (χ3v) is 3.89. The van der Waals surface area contributed by atoms with Gasteiger partial charge < -0.3 is 19.7 Å². The van der Waals surface area contributed by atoms with Crippen LogP contribution in [0.3, 0.4) is 0 Å². The number of nitrogens with zero attached hydrogens (tertiary/aromatic N) is 2. The number of ether oxygens (including phenoxy) is 1. The number of carbonyl (C=O) groups excluding carboxylic acids is 1. The normalized spacial score (nSPS) is 10.8. The number of benzene rings is 2. The van der Waals surface area contributed by atoms with Gasteiger partial charge in [-0.05, 0) is 31.2 Å². The number of aliphatic hydroxyl groups is 1. The summed E-state index contributed by atoms with van der Waals surface area (Å²) in [4.78, 5) is 16.2. The standard InChI is InChI=1S/C19H21N3O3/c1-14(24)15-6-2-5-9-18(15)25-13-11-22-17-8-4-3-7-16(17)21-19(22)20-10-12-23/h2-9,23H,10-13H2,1H3,(H,20,21). The van der Waals surface area contributed by atoms with Crippen molar-refractivity contribution in [3.63, 3.8) is 0 Å². The number of fused-ring (bicyclic) bond motifs is 1. The predicted octanol–water partition coefficient (Wildman–Crippen LogP) is 2.72. The van der Waals surface area contributed by atoms with Gasteiger partial charge in [0.2, 0.25) is 5.95 Å². The van der Waals surface area contributed by atoms with Crippen LogP contribution in [-0.4, -0.2) is 40.2 Å². The summed E-state index contributed by atoms with van der Waals surface area (Å²) in [6.07, 6.45) is 0. The third kappa shape index (κ3) is 3.80. The molecule has 1 aromatic heterocycles. The molecule has 2 N–H and O–H groups in total. The van der Waals surface area contributed by atoms with Gasteiger partial charge in [0.1, 0.15) is 12.4 Å². The Kier molecular flexibility index (Phi) is 5.30. The Morgan fingerprint density at radius 1 is 1.20 bits per heavy atom. The first-order valence-electron chi connectivity index (χ1n) is 8.23. The Bertz CT molecular complexity index is 873. The third-order valence-electron chi connectivity index (χ3n) is 3.89. The molecule has 0 bridgehead atoms. The summed E-state index contributed by atoms with van der Waals surface area (Å²) in [7, 11) is 0. The SMILES string of the molecule is CC(=O)c1ccccc1OCCn1c(NCCO)nc2ccccc21. The van der Waals surface area contributed by atoms with Crippen molar-refractivity contribution >= 4 is 22.8 Å². The van der Waals surface area contributed by atoms with Crippen molar-refractivity contribution in [3.05, 3.63) is 54.1 Å².